The summed E-state index contributed by atoms with van der Waals surface area (Å²) in [4.78, 5) is 20.9. The summed E-state index contributed by atoms with van der Waals surface area (Å²) in [6.07, 6.45) is 4.07. The molecule has 2 aliphatic rings. The van der Waals surface area contributed by atoms with Crippen LogP contribution in [0.2, 0.25) is 0 Å². The van der Waals surface area contributed by atoms with Gasteiger partial charge in [-0.2, -0.15) is 4.31 Å². The van der Waals surface area contributed by atoms with E-state index in [2.05, 4.69) is 9.88 Å². The number of morpholine rings is 1. The summed E-state index contributed by atoms with van der Waals surface area (Å²) < 4.78 is 37.3. The van der Waals surface area contributed by atoms with Gasteiger partial charge in [0.25, 0.3) is 0 Å². The molecule has 2 saturated heterocycles. The quantitative estimate of drug-likeness (QED) is 0.669. The van der Waals surface area contributed by atoms with Crippen LogP contribution in [0.1, 0.15) is 12.2 Å². The van der Waals surface area contributed by atoms with Crippen LogP contribution in [0.3, 0.4) is 0 Å². The largest absolute Gasteiger partial charge is 0.469 e. The summed E-state index contributed by atoms with van der Waals surface area (Å²) in [5.41, 5.74) is 0. The van der Waals surface area contributed by atoms with Crippen LogP contribution in [0.5, 0.6) is 0 Å². The number of carbonyl (C=O) groups is 1. The molecular formula is C20H26N4O5S. The van der Waals surface area contributed by atoms with Gasteiger partial charge in [0.1, 0.15) is 16.5 Å². The van der Waals surface area contributed by atoms with Crippen LogP contribution in [-0.2, 0) is 26.0 Å². The Morgan fingerprint density at radius 2 is 1.80 bits per heavy atom. The molecule has 4 heterocycles. The Bertz CT molecular complexity index is 932. The van der Waals surface area contributed by atoms with E-state index in [1.54, 1.807) is 18.4 Å². The zero-order chi connectivity index (χ0) is 21.0. The molecule has 0 unspecified atom stereocenters. The molecule has 0 bridgehead atoms. The highest BCUT2D eigenvalue weighted by atomic mass is 32.2. The molecule has 2 fully saturated rings. The van der Waals surface area contributed by atoms with Gasteiger partial charge in [-0.3, -0.25) is 4.79 Å². The van der Waals surface area contributed by atoms with Crippen LogP contribution in [0, 0.1) is 0 Å². The average Bonchev–Trinajstić information content (AvgIpc) is 3.32. The number of aromatic nitrogens is 1. The van der Waals surface area contributed by atoms with E-state index in [9.17, 15) is 13.2 Å². The van der Waals surface area contributed by atoms with Crippen LogP contribution >= 0.6 is 0 Å². The first-order chi connectivity index (χ1) is 14.5. The fourth-order valence-corrected chi connectivity index (χ4v) is 5.03. The molecule has 30 heavy (non-hydrogen) atoms. The number of ether oxygens (including phenoxy) is 1. The van der Waals surface area contributed by atoms with Crippen molar-refractivity contribution in [3.8, 4) is 0 Å². The standard InChI is InChI=1S/C20H26N4O5S/c25-20(6-3-17-2-1-13-29-17)23-9-7-22(8-10-23)19-5-4-18(16-21-19)30(26,27)24-11-14-28-15-12-24/h1-2,4-5,13,16H,3,6-12,14-15H2. The van der Waals surface area contributed by atoms with Gasteiger partial charge in [-0.25, -0.2) is 13.4 Å². The second-order valence-electron chi connectivity index (χ2n) is 7.32. The molecule has 0 aliphatic carbocycles. The normalized spacial score (nSPS) is 18.5. The van der Waals surface area contributed by atoms with Crippen molar-refractivity contribution < 1.29 is 22.4 Å². The van der Waals surface area contributed by atoms with E-state index < -0.39 is 10.0 Å². The van der Waals surface area contributed by atoms with Crippen molar-refractivity contribution in [1.82, 2.24) is 14.2 Å². The lowest BCUT2D eigenvalue weighted by Gasteiger charge is -2.35. The molecule has 1 amide bonds. The van der Waals surface area contributed by atoms with Crippen molar-refractivity contribution in [3.05, 3.63) is 42.5 Å². The average molecular weight is 435 g/mol. The van der Waals surface area contributed by atoms with E-state index >= 15 is 0 Å². The van der Waals surface area contributed by atoms with E-state index in [1.165, 1.54) is 10.5 Å². The third-order valence-electron chi connectivity index (χ3n) is 5.45. The van der Waals surface area contributed by atoms with Crippen molar-refractivity contribution >= 4 is 21.7 Å². The van der Waals surface area contributed by atoms with Gasteiger partial charge < -0.3 is 19.0 Å². The number of hydrogen-bond donors (Lipinski definition) is 0. The Kier molecular flexibility index (Phi) is 6.35. The van der Waals surface area contributed by atoms with Gasteiger partial charge in [0.15, 0.2) is 0 Å². The highest BCUT2D eigenvalue weighted by molar-refractivity contribution is 7.89. The van der Waals surface area contributed by atoms with Crippen LogP contribution in [0.15, 0.2) is 46.0 Å². The van der Waals surface area contributed by atoms with E-state index in [0.29, 0.717) is 65.3 Å². The Labute approximate surface area is 176 Å². The van der Waals surface area contributed by atoms with Gasteiger partial charge in [-0.1, -0.05) is 0 Å². The fraction of sp³-hybridized carbons (Fsp3) is 0.500. The van der Waals surface area contributed by atoms with Gasteiger partial charge in [0, 0.05) is 58.3 Å². The first-order valence-corrected chi connectivity index (χ1v) is 11.6. The fourth-order valence-electron chi connectivity index (χ4n) is 3.68. The van der Waals surface area contributed by atoms with Crippen LogP contribution in [0.4, 0.5) is 5.82 Å². The summed E-state index contributed by atoms with van der Waals surface area (Å²) in [5, 5.41) is 0. The smallest absolute Gasteiger partial charge is 0.244 e. The lowest BCUT2D eigenvalue weighted by atomic mass is 10.2. The maximum atomic E-state index is 12.7. The summed E-state index contributed by atoms with van der Waals surface area (Å²) in [5.74, 6) is 1.66. The third kappa shape index (κ3) is 4.66. The Morgan fingerprint density at radius 1 is 1.03 bits per heavy atom. The van der Waals surface area contributed by atoms with Gasteiger partial charge in [-0.15, -0.1) is 0 Å². The van der Waals surface area contributed by atoms with E-state index in [0.717, 1.165) is 11.6 Å². The Balaban J connectivity index is 1.31. The first-order valence-electron chi connectivity index (χ1n) is 10.1. The van der Waals surface area contributed by atoms with Crippen molar-refractivity contribution in [3.63, 3.8) is 0 Å². The molecular weight excluding hydrogens is 408 g/mol. The zero-order valence-electron chi connectivity index (χ0n) is 16.8. The molecule has 0 radical (unpaired) electrons. The van der Waals surface area contributed by atoms with Crippen LogP contribution in [0.25, 0.3) is 0 Å². The van der Waals surface area contributed by atoms with E-state index in [-0.39, 0.29) is 10.8 Å². The molecule has 2 aliphatic heterocycles. The number of nitrogens with zero attached hydrogens (tertiary/aromatic N) is 4. The number of anilines is 1. The second-order valence-corrected chi connectivity index (χ2v) is 9.25. The summed E-state index contributed by atoms with van der Waals surface area (Å²) in [6, 6.07) is 7.04. The van der Waals surface area contributed by atoms with Gasteiger partial charge >= 0.3 is 0 Å². The topological polar surface area (TPSA) is 96.2 Å². The maximum absolute atomic E-state index is 12.7. The summed E-state index contributed by atoms with van der Waals surface area (Å²) in [6.45, 7) is 4.10. The first kappa shape index (κ1) is 20.8. The third-order valence-corrected chi connectivity index (χ3v) is 7.33. The van der Waals surface area contributed by atoms with Crippen molar-refractivity contribution in [1.29, 1.82) is 0 Å². The van der Waals surface area contributed by atoms with Crippen LogP contribution < -0.4 is 4.90 Å². The lowest BCUT2D eigenvalue weighted by Crippen LogP contribution is -2.49. The molecule has 4 rings (SSSR count). The molecule has 0 saturated carbocycles. The molecule has 0 spiro atoms. The molecule has 10 heteroatoms. The minimum absolute atomic E-state index is 0.117. The molecule has 0 atom stereocenters. The zero-order valence-corrected chi connectivity index (χ0v) is 17.6. The molecule has 2 aromatic rings. The van der Waals surface area contributed by atoms with Crippen molar-refractivity contribution in [2.24, 2.45) is 0 Å². The number of piperazine rings is 1. The molecule has 0 N–H and O–H groups in total. The van der Waals surface area contributed by atoms with Gasteiger partial charge in [0.05, 0.1) is 19.5 Å². The number of furan rings is 1. The van der Waals surface area contributed by atoms with Gasteiger partial charge in [-0.05, 0) is 24.3 Å². The summed E-state index contributed by atoms with van der Waals surface area (Å²) in [7, 11) is -3.54. The minimum atomic E-state index is -3.54. The molecule has 9 nitrogen and oxygen atoms in total. The monoisotopic (exact) mass is 434 g/mol. The number of sulfonamides is 1. The number of rotatable bonds is 6. The lowest BCUT2D eigenvalue weighted by molar-refractivity contribution is -0.131. The number of amides is 1. The number of aryl methyl sites for hydroxylation is 1. The highest BCUT2D eigenvalue weighted by Crippen LogP contribution is 2.20. The van der Waals surface area contributed by atoms with Crippen molar-refractivity contribution in [2.75, 3.05) is 57.4 Å². The second kappa shape index (κ2) is 9.15. The SMILES string of the molecule is O=C(CCc1ccco1)N1CCN(c2ccc(S(=O)(=O)N3CCOCC3)cn2)CC1. The van der Waals surface area contributed by atoms with Gasteiger partial charge in [0.2, 0.25) is 15.9 Å². The van der Waals surface area contributed by atoms with Crippen LogP contribution in [-0.4, -0.2) is 81.0 Å². The number of pyridine rings is 1. The Morgan fingerprint density at radius 3 is 2.43 bits per heavy atom. The molecule has 0 aromatic carbocycles. The summed E-state index contributed by atoms with van der Waals surface area (Å²) >= 11 is 0. The molecule has 2 aromatic heterocycles. The predicted octanol–water partition coefficient (Wildman–Crippen LogP) is 0.977. The number of carbonyl (C=O) groups excluding carboxylic acids is 1. The van der Waals surface area contributed by atoms with E-state index in [4.69, 9.17) is 9.15 Å². The minimum Gasteiger partial charge on any atom is -0.469 e. The Hall–Kier alpha value is -2.43. The molecule has 162 valence electrons. The van der Waals surface area contributed by atoms with Crippen molar-refractivity contribution in [2.45, 2.75) is 17.7 Å². The van der Waals surface area contributed by atoms with E-state index in [1.807, 2.05) is 17.0 Å². The highest BCUT2D eigenvalue weighted by Gasteiger charge is 2.27. The predicted molar refractivity (Wildman–Crippen MR) is 110 cm³/mol. The number of hydrogen-bond acceptors (Lipinski definition) is 7. The maximum Gasteiger partial charge on any atom is 0.244 e.